The van der Waals surface area contributed by atoms with Crippen molar-refractivity contribution in [1.82, 2.24) is 15.0 Å². The first kappa shape index (κ1) is 32.3. The summed E-state index contributed by atoms with van der Waals surface area (Å²) in [6, 6.07) is 61.9. The number of rotatable bonds is 5. The molecule has 0 atom stereocenters. The number of furan rings is 1. The van der Waals surface area contributed by atoms with Crippen LogP contribution in [0.25, 0.3) is 119 Å². The fraction of sp³-hybridized carbons (Fsp3) is 0. The molecule has 12 rings (SSSR count). The van der Waals surface area contributed by atoms with Gasteiger partial charge in [-0.2, -0.15) is 0 Å². The Bertz CT molecular complexity index is 3530. The van der Waals surface area contributed by atoms with Crippen LogP contribution in [0.3, 0.4) is 0 Å². The molecule has 0 saturated carbocycles. The van der Waals surface area contributed by atoms with E-state index in [4.69, 9.17) is 19.4 Å². The summed E-state index contributed by atoms with van der Waals surface area (Å²) in [6.07, 6.45) is 0. The molecule has 0 aliphatic carbocycles. The van der Waals surface area contributed by atoms with Crippen LogP contribution in [0, 0.1) is 0 Å². The maximum absolute atomic E-state index is 6.55. The van der Waals surface area contributed by atoms with Gasteiger partial charge in [-0.15, -0.1) is 22.7 Å². The van der Waals surface area contributed by atoms with Crippen LogP contribution in [0.5, 0.6) is 0 Å². The molecular weight excluding hydrogens is 735 g/mol. The molecule has 4 nitrogen and oxygen atoms in total. The fourth-order valence-corrected chi connectivity index (χ4v) is 10.8. The maximum Gasteiger partial charge on any atom is 0.164 e. The van der Waals surface area contributed by atoms with Crippen molar-refractivity contribution in [2.24, 2.45) is 0 Å². The van der Waals surface area contributed by atoms with Gasteiger partial charge in [-0.25, -0.2) is 15.0 Å². The second-order valence-corrected chi connectivity index (χ2v) is 16.4. The molecule has 4 heterocycles. The van der Waals surface area contributed by atoms with Crippen LogP contribution < -0.4 is 0 Å². The maximum atomic E-state index is 6.55. The first-order chi connectivity index (χ1) is 28.2. The number of aromatic nitrogens is 3. The average molecular weight is 764 g/mol. The van der Waals surface area contributed by atoms with Crippen molar-refractivity contribution in [3.05, 3.63) is 176 Å². The van der Waals surface area contributed by atoms with Crippen LogP contribution in [0.1, 0.15) is 0 Å². The lowest BCUT2D eigenvalue weighted by Gasteiger charge is -2.11. The van der Waals surface area contributed by atoms with Gasteiger partial charge in [0.25, 0.3) is 0 Å². The monoisotopic (exact) mass is 763 g/mol. The van der Waals surface area contributed by atoms with Crippen LogP contribution in [-0.2, 0) is 0 Å². The highest BCUT2D eigenvalue weighted by Crippen LogP contribution is 2.48. The number of thiophene rings is 2. The van der Waals surface area contributed by atoms with Crippen molar-refractivity contribution in [2.75, 3.05) is 0 Å². The molecule has 0 aliphatic rings. The van der Waals surface area contributed by atoms with E-state index in [9.17, 15) is 0 Å². The first-order valence-corrected chi connectivity index (χ1v) is 20.6. The molecule has 0 radical (unpaired) electrons. The van der Waals surface area contributed by atoms with Crippen LogP contribution >= 0.6 is 22.7 Å². The summed E-state index contributed by atoms with van der Waals surface area (Å²) >= 11 is 3.62. The van der Waals surface area contributed by atoms with Crippen molar-refractivity contribution < 1.29 is 4.42 Å². The molecule has 57 heavy (non-hydrogen) atoms. The number of nitrogens with zero attached hydrogens (tertiary/aromatic N) is 3. The molecule has 0 amide bonds. The third-order valence-electron chi connectivity index (χ3n) is 11.0. The molecule has 0 saturated heterocycles. The van der Waals surface area contributed by atoms with Crippen molar-refractivity contribution >= 4 is 85.0 Å². The Kier molecular flexibility index (Phi) is 7.24. The molecule has 8 aromatic carbocycles. The van der Waals surface area contributed by atoms with Crippen LogP contribution in [-0.4, -0.2) is 15.0 Å². The second kappa shape index (κ2) is 12.8. The Morgan fingerprint density at radius 1 is 0.333 bits per heavy atom. The SMILES string of the molecule is c1ccc(-c2cc(-c3cccc4c3sc3cccc(-c5nc(-c6ccccc6)nc(-c6cccc7sc8ccccc8c67)n5)c34)c3c(c2)oc2ccccc23)cc1. The van der Waals surface area contributed by atoms with Gasteiger partial charge in [0.05, 0.1) is 0 Å². The minimum atomic E-state index is 0.649. The molecule has 266 valence electrons. The molecule has 6 heteroatoms. The Morgan fingerprint density at radius 2 is 0.895 bits per heavy atom. The standard InChI is InChI=1S/C51H29N3OS2/c1-3-14-30(15-4-1)32-28-39(45-34-18-7-9-24-40(34)55-41(45)29-32)33-20-11-21-36-47-38(23-13-27-44(47)57-48(33)36)51-53-49(31-16-5-2-6-17-31)52-50(54-51)37-22-12-26-43-46(37)35-19-8-10-25-42(35)56-43/h1-29H. The lowest BCUT2D eigenvalue weighted by Crippen LogP contribution is -2.00. The molecule has 0 bridgehead atoms. The zero-order valence-corrected chi connectivity index (χ0v) is 31.9. The Hall–Kier alpha value is -6.99. The van der Waals surface area contributed by atoms with E-state index in [-0.39, 0.29) is 0 Å². The molecule has 0 unspecified atom stereocenters. The normalized spacial score (nSPS) is 11.9. The van der Waals surface area contributed by atoms with Crippen LogP contribution in [0.4, 0.5) is 0 Å². The van der Waals surface area contributed by atoms with Crippen LogP contribution in [0.2, 0.25) is 0 Å². The van der Waals surface area contributed by atoms with Gasteiger partial charge in [0.2, 0.25) is 0 Å². The van der Waals surface area contributed by atoms with E-state index in [0.717, 1.165) is 60.7 Å². The number of hydrogen-bond acceptors (Lipinski definition) is 6. The Morgan fingerprint density at radius 3 is 1.67 bits per heavy atom. The molecule has 12 aromatic rings. The van der Waals surface area contributed by atoms with Crippen molar-refractivity contribution in [2.45, 2.75) is 0 Å². The number of para-hydroxylation sites is 1. The third kappa shape index (κ3) is 5.15. The van der Waals surface area contributed by atoms with E-state index in [1.807, 2.05) is 35.6 Å². The van der Waals surface area contributed by atoms with Crippen LogP contribution in [0.15, 0.2) is 180 Å². The van der Waals surface area contributed by atoms with Gasteiger partial charge in [0.15, 0.2) is 17.5 Å². The van der Waals surface area contributed by atoms with Gasteiger partial charge in [0.1, 0.15) is 11.2 Å². The molecule has 0 N–H and O–H groups in total. The van der Waals surface area contributed by atoms with E-state index in [1.165, 1.54) is 40.5 Å². The Balaban J connectivity index is 1.12. The van der Waals surface area contributed by atoms with Crippen molar-refractivity contribution in [1.29, 1.82) is 0 Å². The van der Waals surface area contributed by atoms with Gasteiger partial charge in [-0.3, -0.25) is 0 Å². The van der Waals surface area contributed by atoms with E-state index < -0.39 is 0 Å². The lowest BCUT2D eigenvalue weighted by atomic mass is 9.93. The fourth-order valence-electron chi connectivity index (χ4n) is 8.40. The zero-order valence-electron chi connectivity index (χ0n) is 30.3. The number of hydrogen-bond donors (Lipinski definition) is 0. The average Bonchev–Trinajstić information content (AvgIpc) is 3.98. The summed E-state index contributed by atoms with van der Waals surface area (Å²) in [6.45, 7) is 0. The third-order valence-corrected chi connectivity index (χ3v) is 13.3. The summed E-state index contributed by atoms with van der Waals surface area (Å²) in [5.41, 5.74) is 9.30. The number of benzene rings is 8. The van der Waals surface area contributed by atoms with Gasteiger partial charge in [0, 0.05) is 73.4 Å². The van der Waals surface area contributed by atoms with E-state index >= 15 is 0 Å². The van der Waals surface area contributed by atoms with Crippen molar-refractivity contribution in [3.63, 3.8) is 0 Å². The minimum absolute atomic E-state index is 0.649. The van der Waals surface area contributed by atoms with Gasteiger partial charge < -0.3 is 4.42 Å². The molecule has 0 aliphatic heterocycles. The first-order valence-electron chi connectivity index (χ1n) is 18.9. The summed E-state index contributed by atoms with van der Waals surface area (Å²) in [7, 11) is 0. The second-order valence-electron chi connectivity index (χ2n) is 14.3. The highest BCUT2D eigenvalue weighted by Gasteiger charge is 2.22. The Labute approximate surface area is 335 Å². The predicted octanol–water partition coefficient (Wildman–Crippen LogP) is 14.8. The van der Waals surface area contributed by atoms with E-state index in [1.54, 1.807) is 11.3 Å². The molecule has 0 fully saturated rings. The summed E-state index contributed by atoms with van der Waals surface area (Å²) in [5.74, 6) is 1.97. The zero-order chi connectivity index (χ0) is 37.5. The molecule has 0 spiro atoms. The van der Waals surface area contributed by atoms with Gasteiger partial charge >= 0.3 is 0 Å². The summed E-state index contributed by atoms with van der Waals surface area (Å²) < 4.78 is 11.4. The van der Waals surface area contributed by atoms with E-state index in [2.05, 4.69) is 152 Å². The van der Waals surface area contributed by atoms with Gasteiger partial charge in [-0.05, 0) is 53.1 Å². The molecular formula is C51H29N3OS2. The van der Waals surface area contributed by atoms with Gasteiger partial charge in [-0.1, -0.05) is 140 Å². The lowest BCUT2D eigenvalue weighted by molar-refractivity contribution is 0.669. The smallest absolute Gasteiger partial charge is 0.164 e. The van der Waals surface area contributed by atoms with Crippen molar-refractivity contribution in [3.8, 4) is 56.4 Å². The largest absolute Gasteiger partial charge is 0.456 e. The molecule has 4 aromatic heterocycles. The summed E-state index contributed by atoms with van der Waals surface area (Å²) in [4.78, 5) is 15.8. The van der Waals surface area contributed by atoms with E-state index in [0.29, 0.717) is 17.5 Å². The number of fused-ring (bicyclic) bond motifs is 9. The highest BCUT2D eigenvalue weighted by atomic mass is 32.1. The quantitative estimate of drug-likeness (QED) is 0.175. The minimum Gasteiger partial charge on any atom is -0.456 e. The topological polar surface area (TPSA) is 51.8 Å². The highest BCUT2D eigenvalue weighted by molar-refractivity contribution is 7.26. The predicted molar refractivity (Wildman–Crippen MR) is 240 cm³/mol. The summed E-state index contributed by atoms with van der Waals surface area (Å²) in [5, 5.41) is 6.94.